The van der Waals surface area contributed by atoms with Crippen molar-refractivity contribution in [3.63, 3.8) is 0 Å². The Morgan fingerprint density at radius 2 is 1.97 bits per heavy atom. The summed E-state index contributed by atoms with van der Waals surface area (Å²) < 4.78 is 5.40. The minimum atomic E-state index is -0.366. The van der Waals surface area contributed by atoms with Crippen molar-refractivity contribution >= 4 is 44.2 Å². The third-order valence-corrected chi connectivity index (χ3v) is 5.89. The van der Waals surface area contributed by atoms with Crippen molar-refractivity contribution < 1.29 is 9.53 Å². The van der Waals surface area contributed by atoms with Crippen molar-refractivity contribution in [2.75, 3.05) is 42.3 Å². The Balaban J connectivity index is 1.37. The van der Waals surface area contributed by atoms with E-state index in [-0.39, 0.29) is 11.6 Å². The molecule has 1 saturated heterocycles. The number of amides is 1. The Kier molecular flexibility index (Phi) is 5.14. The van der Waals surface area contributed by atoms with Crippen molar-refractivity contribution in [1.29, 1.82) is 0 Å². The Morgan fingerprint density at radius 3 is 2.77 bits per heavy atom. The standard InChI is InChI=1S/C21H19N7O2S/c22-14-3-4-15(24-18(14)13-2-1-7-23-12-13)19(29)26-17-6-5-16-20(27-17)31-21(25-16)28-8-10-30-11-9-28/h1-7,12H,8-11,22H2,(H,26,27,29). The van der Waals surface area contributed by atoms with Gasteiger partial charge in [-0.25, -0.2) is 15.0 Å². The lowest BCUT2D eigenvalue weighted by atomic mass is 10.1. The second-order valence-electron chi connectivity index (χ2n) is 6.95. The van der Waals surface area contributed by atoms with E-state index in [2.05, 4.69) is 30.2 Å². The summed E-state index contributed by atoms with van der Waals surface area (Å²) in [6.07, 6.45) is 3.33. The fraction of sp³-hybridized carbons (Fsp3) is 0.190. The van der Waals surface area contributed by atoms with Gasteiger partial charge in [-0.05, 0) is 36.4 Å². The third kappa shape index (κ3) is 4.03. The maximum atomic E-state index is 12.8. The van der Waals surface area contributed by atoms with Crippen LogP contribution in [0.2, 0.25) is 0 Å². The van der Waals surface area contributed by atoms with Gasteiger partial charge in [-0.15, -0.1) is 0 Å². The number of pyridine rings is 3. The quantitative estimate of drug-likeness (QED) is 0.504. The zero-order valence-corrected chi connectivity index (χ0v) is 17.3. The molecule has 0 aliphatic carbocycles. The molecule has 4 aromatic heterocycles. The molecule has 0 saturated carbocycles. The lowest BCUT2D eigenvalue weighted by Gasteiger charge is -2.25. The molecule has 0 unspecified atom stereocenters. The molecular weight excluding hydrogens is 414 g/mol. The maximum absolute atomic E-state index is 12.8. The Morgan fingerprint density at radius 1 is 1.10 bits per heavy atom. The molecule has 5 heterocycles. The van der Waals surface area contributed by atoms with E-state index in [4.69, 9.17) is 10.5 Å². The predicted octanol–water partition coefficient (Wildman–Crippen LogP) is 2.82. The lowest BCUT2D eigenvalue weighted by Crippen LogP contribution is -2.36. The molecule has 0 radical (unpaired) electrons. The number of thiazole rings is 1. The minimum Gasteiger partial charge on any atom is -0.397 e. The number of nitrogen functional groups attached to an aromatic ring is 1. The highest BCUT2D eigenvalue weighted by Crippen LogP contribution is 2.29. The van der Waals surface area contributed by atoms with Crippen LogP contribution in [0.3, 0.4) is 0 Å². The zero-order valence-electron chi connectivity index (χ0n) is 16.5. The Hall–Kier alpha value is -3.63. The first kappa shape index (κ1) is 19.3. The maximum Gasteiger partial charge on any atom is 0.275 e. The fourth-order valence-corrected chi connectivity index (χ4v) is 4.27. The van der Waals surface area contributed by atoms with Gasteiger partial charge >= 0.3 is 0 Å². The van der Waals surface area contributed by atoms with Crippen molar-refractivity contribution in [2.45, 2.75) is 0 Å². The molecule has 0 atom stereocenters. The number of morpholine rings is 1. The van der Waals surface area contributed by atoms with Gasteiger partial charge in [0.15, 0.2) is 5.13 Å². The van der Waals surface area contributed by atoms with Gasteiger partial charge < -0.3 is 20.7 Å². The number of carbonyl (C=O) groups is 1. The first-order valence-corrected chi connectivity index (χ1v) is 10.6. The van der Waals surface area contributed by atoms with E-state index in [9.17, 15) is 4.79 Å². The van der Waals surface area contributed by atoms with Gasteiger partial charge in [-0.3, -0.25) is 9.78 Å². The van der Waals surface area contributed by atoms with Gasteiger partial charge in [0.2, 0.25) is 0 Å². The minimum absolute atomic E-state index is 0.244. The summed E-state index contributed by atoms with van der Waals surface area (Å²) >= 11 is 1.50. The van der Waals surface area contributed by atoms with Crippen LogP contribution in [-0.2, 0) is 4.74 Å². The lowest BCUT2D eigenvalue weighted by molar-refractivity contribution is 0.102. The SMILES string of the molecule is Nc1ccc(C(=O)Nc2ccc3nc(N4CCOCC4)sc3n2)nc1-c1cccnc1. The van der Waals surface area contributed by atoms with Crippen molar-refractivity contribution in [1.82, 2.24) is 19.9 Å². The fourth-order valence-electron chi connectivity index (χ4n) is 3.28. The largest absolute Gasteiger partial charge is 0.397 e. The van der Waals surface area contributed by atoms with E-state index in [0.29, 0.717) is 30.4 Å². The molecule has 10 heteroatoms. The normalized spacial score (nSPS) is 14.0. The molecule has 1 amide bonds. The highest BCUT2D eigenvalue weighted by molar-refractivity contribution is 7.21. The first-order chi connectivity index (χ1) is 15.2. The van der Waals surface area contributed by atoms with Crippen molar-refractivity contribution in [3.05, 3.63) is 54.5 Å². The van der Waals surface area contributed by atoms with E-state index in [1.165, 1.54) is 11.3 Å². The molecule has 156 valence electrons. The first-order valence-electron chi connectivity index (χ1n) is 9.76. The van der Waals surface area contributed by atoms with Gasteiger partial charge in [0.1, 0.15) is 21.9 Å². The number of hydrogen-bond donors (Lipinski definition) is 2. The Bertz CT molecular complexity index is 1240. The summed E-state index contributed by atoms with van der Waals surface area (Å²) in [6, 6.07) is 10.5. The molecule has 9 nitrogen and oxygen atoms in total. The molecular formula is C21H19N7O2S. The van der Waals surface area contributed by atoms with Crippen molar-refractivity contribution in [3.8, 4) is 11.3 Å². The van der Waals surface area contributed by atoms with Gasteiger partial charge in [0.25, 0.3) is 5.91 Å². The number of aromatic nitrogens is 4. The molecule has 5 rings (SSSR count). The molecule has 0 spiro atoms. The molecule has 31 heavy (non-hydrogen) atoms. The highest BCUT2D eigenvalue weighted by atomic mass is 32.1. The van der Waals surface area contributed by atoms with E-state index >= 15 is 0 Å². The smallest absolute Gasteiger partial charge is 0.275 e. The topological polar surface area (TPSA) is 119 Å². The van der Waals surface area contributed by atoms with Gasteiger partial charge in [-0.2, -0.15) is 0 Å². The number of nitrogens with zero attached hydrogens (tertiary/aromatic N) is 5. The van der Waals surface area contributed by atoms with Crippen LogP contribution in [-0.4, -0.2) is 52.1 Å². The summed E-state index contributed by atoms with van der Waals surface area (Å²) in [5.74, 6) is 0.0751. The summed E-state index contributed by atoms with van der Waals surface area (Å²) in [4.78, 5) is 33.5. The number of fused-ring (bicyclic) bond motifs is 1. The molecule has 1 aliphatic rings. The summed E-state index contributed by atoms with van der Waals surface area (Å²) in [6.45, 7) is 3.01. The van der Waals surface area contributed by atoms with Crippen LogP contribution in [0.15, 0.2) is 48.8 Å². The molecule has 3 N–H and O–H groups in total. The van der Waals surface area contributed by atoms with Crippen LogP contribution < -0.4 is 16.0 Å². The van der Waals surface area contributed by atoms with E-state index in [0.717, 1.165) is 34.1 Å². The number of carbonyl (C=O) groups excluding carboxylic acids is 1. The van der Waals surface area contributed by atoms with Crippen LogP contribution in [0, 0.1) is 0 Å². The number of ether oxygens (including phenoxy) is 1. The molecule has 0 bridgehead atoms. The number of nitrogens with one attached hydrogen (secondary N) is 1. The van der Waals surface area contributed by atoms with E-state index in [1.54, 1.807) is 36.7 Å². The molecule has 4 aromatic rings. The Labute approximate surface area is 181 Å². The average Bonchev–Trinajstić information content (AvgIpc) is 3.24. The average molecular weight is 433 g/mol. The van der Waals surface area contributed by atoms with Crippen LogP contribution in [0.1, 0.15) is 10.5 Å². The van der Waals surface area contributed by atoms with Gasteiger partial charge in [0, 0.05) is 31.0 Å². The van der Waals surface area contributed by atoms with Crippen LogP contribution >= 0.6 is 11.3 Å². The van der Waals surface area contributed by atoms with E-state index < -0.39 is 0 Å². The monoisotopic (exact) mass is 433 g/mol. The zero-order chi connectivity index (χ0) is 21.2. The predicted molar refractivity (Wildman–Crippen MR) is 120 cm³/mol. The third-order valence-electron chi connectivity index (χ3n) is 4.86. The van der Waals surface area contributed by atoms with Crippen LogP contribution in [0.25, 0.3) is 21.6 Å². The number of hydrogen-bond acceptors (Lipinski definition) is 9. The van der Waals surface area contributed by atoms with Gasteiger partial charge in [0.05, 0.1) is 24.6 Å². The highest BCUT2D eigenvalue weighted by Gasteiger charge is 2.17. The number of nitrogens with two attached hydrogens (primary N) is 1. The second kappa shape index (κ2) is 8.25. The summed E-state index contributed by atoms with van der Waals surface area (Å²) in [5, 5.41) is 3.73. The van der Waals surface area contributed by atoms with Crippen LogP contribution in [0.4, 0.5) is 16.6 Å². The summed E-state index contributed by atoms with van der Waals surface area (Å²) in [7, 11) is 0. The van der Waals surface area contributed by atoms with E-state index in [1.807, 2.05) is 12.1 Å². The molecule has 1 fully saturated rings. The number of rotatable bonds is 4. The second-order valence-corrected chi connectivity index (χ2v) is 7.90. The van der Waals surface area contributed by atoms with Crippen LogP contribution in [0.5, 0.6) is 0 Å². The number of anilines is 3. The molecule has 1 aliphatic heterocycles. The van der Waals surface area contributed by atoms with Crippen molar-refractivity contribution in [2.24, 2.45) is 0 Å². The summed E-state index contributed by atoms with van der Waals surface area (Å²) in [5.41, 5.74) is 8.83. The van der Waals surface area contributed by atoms with Gasteiger partial charge in [-0.1, -0.05) is 11.3 Å². The molecule has 0 aromatic carbocycles.